The van der Waals surface area contributed by atoms with Crippen molar-refractivity contribution >= 4 is 0 Å². The summed E-state index contributed by atoms with van der Waals surface area (Å²) in [5.74, 6) is 1.36. The maximum atomic E-state index is 9.73. The van der Waals surface area contributed by atoms with E-state index in [4.69, 9.17) is 4.52 Å². The molecule has 0 saturated heterocycles. The molecule has 0 aliphatic rings. The van der Waals surface area contributed by atoms with Gasteiger partial charge in [0.1, 0.15) is 5.75 Å². The summed E-state index contributed by atoms with van der Waals surface area (Å²) < 4.78 is 5.30. The molecule has 0 radical (unpaired) electrons. The van der Waals surface area contributed by atoms with E-state index in [2.05, 4.69) is 22.3 Å². The van der Waals surface area contributed by atoms with E-state index in [0.29, 0.717) is 11.7 Å². The van der Waals surface area contributed by atoms with Gasteiger partial charge in [0.05, 0.1) is 0 Å². The number of benzene rings is 2. The number of phenols is 1. The third-order valence-electron chi connectivity index (χ3n) is 3.48. The zero-order chi connectivity index (χ0) is 14.7. The SMILES string of the molecule is Cc1c(O)cccc1-c1nc(CCc2ccccc2)no1. The third kappa shape index (κ3) is 2.94. The number of nitrogens with zero attached hydrogens (tertiary/aromatic N) is 2. The Hall–Kier alpha value is -2.62. The molecule has 0 aliphatic carbocycles. The molecule has 106 valence electrons. The fourth-order valence-corrected chi connectivity index (χ4v) is 2.22. The van der Waals surface area contributed by atoms with E-state index in [0.717, 1.165) is 24.0 Å². The topological polar surface area (TPSA) is 59.2 Å². The van der Waals surface area contributed by atoms with Crippen molar-refractivity contribution in [2.24, 2.45) is 0 Å². The maximum absolute atomic E-state index is 9.73. The summed E-state index contributed by atoms with van der Waals surface area (Å²) in [5.41, 5.74) is 2.77. The fourth-order valence-electron chi connectivity index (χ4n) is 2.22. The molecule has 0 fully saturated rings. The number of rotatable bonds is 4. The highest BCUT2D eigenvalue weighted by molar-refractivity contribution is 5.61. The number of hydrogen-bond acceptors (Lipinski definition) is 4. The standard InChI is InChI=1S/C17H16N2O2/c1-12-14(8-5-9-15(12)20)17-18-16(19-21-17)11-10-13-6-3-2-4-7-13/h2-9,20H,10-11H2,1H3. The molecule has 0 atom stereocenters. The van der Waals surface area contributed by atoms with Gasteiger partial charge in [-0.15, -0.1) is 0 Å². The van der Waals surface area contributed by atoms with Crippen LogP contribution in [0.4, 0.5) is 0 Å². The van der Waals surface area contributed by atoms with Crippen molar-refractivity contribution in [3.8, 4) is 17.2 Å². The molecule has 2 aromatic carbocycles. The lowest BCUT2D eigenvalue weighted by Gasteiger charge is -2.01. The summed E-state index contributed by atoms with van der Waals surface area (Å²) in [5, 5.41) is 13.7. The summed E-state index contributed by atoms with van der Waals surface area (Å²) in [4.78, 5) is 4.41. The average Bonchev–Trinajstić information content (AvgIpc) is 2.98. The van der Waals surface area contributed by atoms with Crippen LogP contribution in [0.2, 0.25) is 0 Å². The lowest BCUT2D eigenvalue weighted by molar-refractivity contribution is 0.421. The monoisotopic (exact) mass is 280 g/mol. The van der Waals surface area contributed by atoms with Crippen LogP contribution in [-0.2, 0) is 12.8 Å². The van der Waals surface area contributed by atoms with Gasteiger partial charge in [-0.3, -0.25) is 0 Å². The van der Waals surface area contributed by atoms with Crippen LogP contribution in [0.3, 0.4) is 0 Å². The number of aromatic nitrogens is 2. The van der Waals surface area contributed by atoms with Gasteiger partial charge in [0.25, 0.3) is 5.89 Å². The van der Waals surface area contributed by atoms with Gasteiger partial charge in [-0.2, -0.15) is 4.98 Å². The van der Waals surface area contributed by atoms with Crippen LogP contribution in [-0.4, -0.2) is 15.2 Å². The Labute approximate surface area is 123 Å². The van der Waals surface area contributed by atoms with Gasteiger partial charge in [-0.25, -0.2) is 0 Å². The number of hydrogen-bond donors (Lipinski definition) is 1. The van der Waals surface area contributed by atoms with Gasteiger partial charge >= 0.3 is 0 Å². The van der Waals surface area contributed by atoms with Crippen molar-refractivity contribution < 1.29 is 9.63 Å². The Balaban J connectivity index is 1.76. The van der Waals surface area contributed by atoms with E-state index < -0.39 is 0 Å². The minimum absolute atomic E-state index is 0.233. The Bertz CT molecular complexity index is 736. The lowest BCUT2D eigenvalue weighted by atomic mass is 10.1. The zero-order valence-corrected chi connectivity index (χ0v) is 11.8. The van der Waals surface area contributed by atoms with E-state index in [9.17, 15) is 5.11 Å². The molecule has 4 nitrogen and oxygen atoms in total. The molecular formula is C17H16N2O2. The quantitative estimate of drug-likeness (QED) is 0.794. The van der Waals surface area contributed by atoms with E-state index in [1.807, 2.05) is 31.2 Å². The zero-order valence-electron chi connectivity index (χ0n) is 11.8. The van der Waals surface area contributed by atoms with Crippen molar-refractivity contribution in [2.45, 2.75) is 19.8 Å². The van der Waals surface area contributed by atoms with Crippen LogP contribution in [0.5, 0.6) is 5.75 Å². The largest absolute Gasteiger partial charge is 0.508 e. The first-order valence-corrected chi connectivity index (χ1v) is 6.89. The Kier molecular flexibility index (Phi) is 3.69. The molecule has 0 saturated carbocycles. The Morgan fingerprint density at radius 1 is 1.00 bits per heavy atom. The highest BCUT2D eigenvalue weighted by atomic mass is 16.5. The third-order valence-corrected chi connectivity index (χ3v) is 3.48. The van der Waals surface area contributed by atoms with Gasteiger partial charge in [0.15, 0.2) is 5.82 Å². The molecule has 21 heavy (non-hydrogen) atoms. The fraction of sp³-hybridized carbons (Fsp3) is 0.176. The molecule has 0 aliphatic heterocycles. The molecule has 4 heteroatoms. The Morgan fingerprint density at radius 2 is 1.81 bits per heavy atom. The first-order chi connectivity index (χ1) is 10.2. The molecule has 3 rings (SSSR count). The van der Waals surface area contributed by atoms with Gasteiger partial charge in [-0.1, -0.05) is 41.6 Å². The highest BCUT2D eigenvalue weighted by Gasteiger charge is 2.12. The molecule has 3 aromatic rings. The van der Waals surface area contributed by atoms with Crippen molar-refractivity contribution in [3.05, 3.63) is 65.5 Å². The average molecular weight is 280 g/mol. The van der Waals surface area contributed by atoms with Crippen LogP contribution < -0.4 is 0 Å². The minimum atomic E-state index is 0.233. The summed E-state index contributed by atoms with van der Waals surface area (Å²) in [6, 6.07) is 15.5. The summed E-state index contributed by atoms with van der Waals surface area (Å²) >= 11 is 0. The van der Waals surface area contributed by atoms with E-state index >= 15 is 0 Å². The van der Waals surface area contributed by atoms with Crippen LogP contribution >= 0.6 is 0 Å². The molecule has 0 amide bonds. The van der Waals surface area contributed by atoms with Crippen molar-refractivity contribution in [1.29, 1.82) is 0 Å². The van der Waals surface area contributed by atoms with Crippen molar-refractivity contribution in [2.75, 3.05) is 0 Å². The normalized spacial score (nSPS) is 10.7. The number of aryl methyl sites for hydroxylation is 2. The predicted molar refractivity (Wildman–Crippen MR) is 80.0 cm³/mol. The molecule has 0 bridgehead atoms. The van der Waals surface area contributed by atoms with Crippen LogP contribution in [0.25, 0.3) is 11.5 Å². The first kappa shape index (κ1) is 13.4. The molecule has 1 N–H and O–H groups in total. The molecular weight excluding hydrogens is 264 g/mol. The first-order valence-electron chi connectivity index (χ1n) is 6.89. The molecule has 0 unspecified atom stereocenters. The maximum Gasteiger partial charge on any atom is 0.258 e. The predicted octanol–water partition coefficient (Wildman–Crippen LogP) is 3.54. The number of phenolic OH excluding ortho intramolecular Hbond substituents is 1. The minimum Gasteiger partial charge on any atom is -0.508 e. The van der Waals surface area contributed by atoms with Crippen LogP contribution in [0, 0.1) is 6.92 Å². The van der Waals surface area contributed by atoms with Crippen molar-refractivity contribution in [1.82, 2.24) is 10.1 Å². The lowest BCUT2D eigenvalue weighted by Crippen LogP contribution is -1.93. The van der Waals surface area contributed by atoms with Crippen molar-refractivity contribution in [3.63, 3.8) is 0 Å². The van der Waals surface area contributed by atoms with Crippen LogP contribution in [0.1, 0.15) is 17.0 Å². The molecule has 1 heterocycles. The van der Waals surface area contributed by atoms with Gasteiger partial charge in [-0.05, 0) is 31.0 Å². The smallest absolute Gasteiger partial charge is 0.258 e. The van der Waals surface area contributed by atoms with Gasteiger partial charge < -0.3 is 9.63 Å². The highest BCUT2D eigenvalue weighted by Crippen LogP contribution is 2.27. The van der Waals surface area contributed by atoms with E-state index in [-0.39, 0.29) is 5.75 Å². The van der Waals surface area contributed by atoms with Gasteiger partial charge in [0.2, 0.25) is 0 Å². The number of aromatic hydroxyl groups is 1. The molecule has 1 aromatic heterocycles. The van der Waals surface area contributed by atoms with E-state index in [1.54, 1.807) is 12.1 Å². The Morgan fingerprint density at radius 3 is 2.62 bits per heavy atom. The van der Waals surface area contributed by atoms with Gasteiger partial charge in [0, 0.05) is 17.5 Å². The summed E-state index contributed by atoms with van der Waals surface area (Å²) in [7, 11) is 0. The second-order valence-corrected chi connectivity index (χ2v) is 4.95. The van der Waals surface area contributed by atoms with Crippen LogP contribution in [0.15, 0.2) is 53.1 Å². The molecule has 0 spiro atoms. The second-order valence-electron chi connectivity index (χ2n) is 4.95. The second kappa shape index (κ2) is 5.79. The van der Waals surface area contributed by atoms with E-state index in [1.165, 1.54) is 5.56 Å². The summed E-state index contributed by atoms with van der Waals surface area (Å²) in [6.07, 6.45) is 1.60. The summed E-state index contributed by atoms with van der Waals surface area (Å²) in [6.45, 7) is 1.83.